The Balaban J connectivity index is 3.95. The van der Waals surface area contributed by atoms with Gasteiger partial charge in [-0.2, -0.15) is 0 Å². The van der Waals surface area contributed by atoms with E-state index in [0.717, 1.165) is 10.1 Å². The predicted molar refractivity (Wildman–Crippen MR) is 51.4 cm³/mol. The van der Waals surface area contributed by atoms with Crippen LogP contribution in [0.2, 0.25) is 0 Å². The second kappa shape index (κ2) is 4.97. The molecule has 52 valence electrons. The molecule has 9 heavy (non-hydrogen) atoms. The third-order valence-electron chi connectivity index (χ3n) is 1.14. The Bertz CT molecular complexity index is 136. The lowest BCUT2D eigenvalue weighted by Gasteiger charge is -1.91. The summed E-state index contributed by atoms with van der Waals surface area (Å²) >= 11 is 2.22. The molecule has 0 aliphatic heterocycles. The summed E-state index contributed by atoms with van der Waals surface area (Å²) in [7, 11) is 1.81. The minimum Gasteiger partial charge on any atom is -0.282 e. The van der Waals surface area contributed by atoms with Crippen LogP contribution in [0.5, 0.6) is 0 Å². The van der Waals surface area contributed by atoms with Crippen molar-refractivity contribution in [3.63, 3.8) is 0 Å². The van der Waals surface area contributed by atoms with E-state index in [4.69, 9.17) is 0 Å². The Labute approximate surface area is 70.4 Å². The van der Waals surface area contributed by atoms with Crippen molar-refractivity contribution in [1.82, 2.24) is 0 Å². The molecule has 0 radical (unpaired) electrons. The second-order valence-electron chi connectivity index (χ2n) is 1.89. The Morgan fingerprint density at radius 1 is 1.67 bits per heavy atom. The first kappa shape index (κ1) is 9.14. The summed E-state index contributed by atoms with van der Waals surface area (Å²) in [6, 6.07) is 0. The van der Waals surface area contributed by atoms with Gasteiger partial charge in [0.15, 0.2) is 0 Å². The van der Waals surface area contributed by atoms with E-state index in [0.29, 0.717) is 0 Å². The Kier molecular flexibility index (Phi) is 5.04. The van der Waals surface area contributed by atoms with Crippen molar-refractivity contribution in [3.05, 3.63) is 11.6 Å². The number of allylic oxidation sites excluding steroid dienone is 2. The van der Waals surface area contributed by atoms with Crippen LogP contribution in [0.25, 0.3) is 0 Å². The van der Waals surface area contributed by atoms with Gasteiger partial charge in [-0.3, -0.25) is 4.99 Å². The van der Waals surface area contributed by atoms with Crippen LogP contribution in [0.15, 0.2) is 16.6 Å². The first-order chi connectivity index (χ1) is 4.20. The van der Waals surface area contributed by atoms with Gasteiger partial charge in [-0.1, -0.05) is 12.5 Å². The summed E-state index contributed by atoms with van der Waals surface area (Å²) in [5.74, 6) is 0. The number of nitrogens with zero attached hydrogens (tertiary/aromatic N) is 1. The number of hydrogen-bond acceptors (Lipinski definition) is 1. The molecule has 0 unspecified atom stereocenters. The van der Waals surface area contributed by atoms with Crippen molar-refractivity contribution in [2.24, 2.45) is 4.99 Å². The maximum absolute atomic E-state index is 4.00. The topological polar surface area (TPSA) is 12.4 Å². The minimum absolute atomic E-state index is 1.08. The molecule has 0 aromatic rings. The summed E-state index contributed by atoms with van der Waals surface area (Å²) in [5.41, 5.74) is 1.38. The molecule has 0 atom stereocenters. The molecular formula is C7H12IN. The number of hydrogen-bond donors (Lipinski definition) is 0. The van der Waals surface area contributed by atoms with Gasteiger partial charge >= 0.3 is 0 Å². The van der Waals surface area contributed by atoms with Crippen LogP contribution in [0.1, 0.15) is 20.3 Å². The molecule has 0 fully saturated rings. The van der Waals surface area contributed by atoms with Gasteiger partial charge < -0.3 is 0 Å². The SMILES string of the molecule is CC/C(C)=C\C(I)=NC. The fourth-order valence-electron chi connectivity index (χ4n) is 0.370. The van der Waals surface area contributed by atoms with Gasteiger partial charge in [-0.15, -0.1) is 0 Å². The first-order valence-corrected chi connectivity index (χ1v) is 4.08. The summed E-state index contributed by atoms with van der Waals surface area (Å²) < 4.78 is 1.08. The summed E-state index contributed by atoms with van der Waals surface area (Å²) in [6.45, 7) is 4.26. The van der Waals surface area contributed by atoms with E-state index in [1.165, 1.54) is 5.57 Å². The molecule has 0 aromatic carbocycles. The van der Waals surface area contributed by atoms with Crippen LogP contribution in [0, 0.1) is 0 Å². The standard InChI is InChI=1S/C7H12IN/c1-4-6(2)5-7(8)9-3/h5H,4H2,1-3H3/b6-5-,9-7?. The zero-order valence-electron chi connectivity index (χ0n) is 6.11. The van der Waals surface area contributed by atoms with Crippen LogP contribution in [0.4, 0.5) is 0 Å². The summed E-state index contributed by atoms with van der Waals surface area (Å²) in [5, 5.41) is 0. The van der Waals surface area contributed by atoms with E-state index in [1.807, 2.05) is 0 Å². The molecule has 0 aliphatic rings. The maximum atomic E-state index is 4.00. The zero-order chi connectivity index (χ0) is 7.28. The lowest BCUT2D eigenvalue weighted by molar-refractivity contribution is 1.10. The molecule has 0 amide bonds. The second-order valence-corrected chi connectivity index (χ2v) is 3.00. The van der Waals surface area contributed by atoms with Gasteiger partial charge in [0.05, 0.1) is 3.72 Å². The molecule has 0 saturated heterocycles. The third kappa shape index (κ3) is 4.63. The minimum atomic E-state index is 1.08. The molecule has 2 heteroatoms. The number of aliphatic imine (C=N–C) groups is 1. The van der Waals surface area contributed by atoms with E-state index < -0.39 is 0 Å². The van der Waals surface area contributed by atoms with Crippen molar-refractivity contribution < 1.29 is 0 Å². The van der Waals surface area contributed by atoms with Crippen molar-refractivity contribution in [2.45, 2.75) is 20.3 Å². The van der Waals surface area contributed by atoms with Crippen LogP contribution in [-0.4, -0.2) is 10.8 Å². The largest absolute Gasteiger partial charge is 0.282 e. The highest BCUT2D eigenvalue weighted by Gasteiger charge is 1.85. The molecule has 0 N–H and O–H groups in total. The molecule has 0 heterocycles. The average Bonchev–Trinajstić information content (AvgIpc) is 1.87. The molecule has 0 rings (SSSR count). The molecule has 0 aliphatic carbocycles. The Morgan fingerprint density at radius 2 is 2.22 bits per heavy atom. The average molecular weight is 237 g/mol. The van der Waals surface area contributed by atoms with E-state index in [2.05, 4.69) is 47.5 Å². The van der Waals surface area contributed by atoms with E-state index in [-0.39, 0.29) is 0 Å². The molecular weight excluding hydrogens is 225 g/mol. The van der Waals surface area contributed by atoms with E-state index in [9.17, 15) is 0 Å². The van der Waals surface area contributed by atoms with Gasteiger partial charge in [0.1, 0.15) is 0 Å². The quantitative estimate of drug-likeness (QED) is 0.517. The van der Waals surface area contributed by atoms with Crippen molar-refractivity contribution >= 4 is 26.3 Å². The highest BCUT2D eigenvalue weighted by atomic mass is 127. The fourth-order valence-corrected chi connectivity index (χ4v) is 0.902. The molecule has 1 nitrogen and oxygen atoms in total. The van der Waals surface area contributed by atoms with E-state index in [1.54, 1.807) is 7.05 Å². The molecule has 0 spiro atoms. The Morgan fingerprint density at radius 3 is 2.56 bits per heavy atom. The van der Waals surface area contributed by atoms with Crippen LogP contribution in [0.3, 0.4) is 0 Å². The van der Waals surface area contributed by atoms with Crippen molar-refractivity contribution in [1.29, 1.82) is 0 Å². The van der Waals surface area contributed by atoms with Crippen molar-refractivity contribution in [3.8, 4) is 0 Å². The molecule has 0 saturated carbocycles. The first-order valence-electron chi connectivity index (χ1n) is 3.00. The van der Waals surface area contributed by atoms with Crippen molar-refractivity contribution in [2.75, 3.05) is 7.05 Å². The molecule has 0 bridgehead atoms. The Hall–Kier alpha value is 0.140. The summed E-state index contributed by atoms with van der Waals surface area (Å²) in [4.78, 5) is 4.00. The van der Waals surface area contributed by atoms with Gasteiger partial charge in [-0.25, -0.2) is 0 Å². The lowest BCUT2D eigenvalue weighted by atomic mass is 10.2. The maximum Gasteiger partial charge on any atom is 0.0949 e. The highest BCUT2D eigenvalue weighted by Crippen LogP contribution is 2.01. The van der Waals surface area contributed by atoms with Crippen LogP contribution >= 0.6 is 22.6 Å². The smallest absolute Gasteiger partial charge is 0.0949 e. The van der Waals surface area contributed by atoms with Crippen LogP contribution < -0.4 is 0 Å². The van der Waals surface area contributed by atoms with Gasteiger partial charge in [0.25, 0.3) is 0 Å². The van der Waals surface area contributed by atoms with Gasteiger partial charge in [0.2, 0.25) is 0 Å². The highest BCUT2D eigenvalue weighted by molar-refractivity contribution is 14.1. The number of rotatable bonds is 2. The number of halogens is 1. The normalized spacial score (nSPS) is 14.2. The predicted octanol–water partition coefficient (Wildman–Crippen LogP) is 2.81. The van der Waals surface area contributed by atoms with Crippen LogP contribution in [-0.2, 0) is 0 Å². The van der Waals surface area contributed by atoms with Gasteiger partial charge in [0, 0.05) is 7.05 Å². The zero-order valence-corrected chi connectivity index (χ0v) is 8.27. The summed E-state index contributed by atoms with van der Waals surface area (Å²) in [6.07, 6.45) is 3.21. The third-order valence-corrected chi connectivity index (χ3v) is 1.93. The van der Waals surface area contributed by atoms with Gasteiger partial charge in [-0.05, 0) is 42.0 Å². The van der Waals surface area contributed by atoms with E-state index >= 15 is 0 Å². The molecule has 0 aromatic heterocycles. The lowest BCUT2D eigenvalue weighted by Crippen LogP contribution is -1.80. The fraction of sp³-hybridized carbons (Fsp3) is 0.571. The monoisotopic (exact) mass is 237 g/mol.